The second-order valence-electron chi connectivity index (χ2n) is 2.57. The highest BCUT2D eigenvalue weighted by atomic mass is 16.2. The summed E-state index contributed by atoms with van der Waals surface area (Å²) in [5, 5.41) is 2.61. The molecule has 58 valence electrons. The summed E-state index contributed by atoms with van der Waals surface area (Å²) in [6.07, 6.45) is 0.586. The molecule has 0 fully saturated rings. The third kappa shape index (κ3) is 5.28. The Balaban J connectivity index is 3.30. The second-order valence-corrected chi connectivity index (χ2v) is 2.57. The van der Waals surface area contributed by atoms with Crippen LogP contribution in [0.4, 0.5) is 0 Å². The van der Waals surface area contributed by atoms with Gasteiger partial charge in [0.2, 0.25) is 5.91 Å². The third-order valence-electron chi connectivity index (χ3n) is 0.976. The molecule has 0 saturated carbocycles. The highest BCUT2D eigenvalue weighted by Gasteiger charge is 1.99. The van der Waals surface area contributed by atoms with E-state index in [2.05, 4.69) is 5.32 Å². The molecule has 0 heterocycles. The van der Waals surface area contributed by atoms with E-state index in [0.717, 1.165) is 0 Å². The van der Waals surface area contributed by atoms with E-state index in [-0.39, 0.29) is 12.3 Å². The van der Waals surface area contributed by atoms with Gasteiger partial charge < -0.3 is 10.1 Å². The maximum absolute atomic E-state index is 10.6. The van der Waals surface area contributed by atoms with Gasteiger partial charge >= 0.3 is 0 Å². The molecule has 0 spiro atoms. The van der Waals surface area contributed by atoms with Crippen LogP contribution in [0.15, 0.2) is 0 Å². The summed E-state index contributed by atoms with van der Waals surface area (Å²) in [5.41, 5.74) is 0. The van der Waals surface area contributed by atoms with E-state index in [0.29, 0.717) is 18.7 Å². The van der Waals surface area contributed by atoms with Crippen LogP contribution in [0.1, 0.15) is 20.3 Å². The Kier molecular flexibility index (Phi) is 4.54. The van der Waals surface area contributed by atoms with Crippen molar-refractivity contribution in [3.05, 3.63) is 0 Å². The molecule has 0 bridgehead atoms. The highest BCUT2D eigenvalue weighted by molar-refractivity contribution is 5.87. The fourth-order valence-corrected chi connectivity index (χ4v) is 0.466. The van der Waals surface area contributed by atoms with Crippen LogP contribution < -0.4 is 5.32 Å². The monoisotopic (exact) mass is 143 g/mol. The topological polar surface area (TPSA) is 46.2 Å². The predicted molar refractivity (Wildman–Crippen MR) is 38.5 cm³/mol. The number of amides is 1. The van der Waals surface area contributed by atoms with Gasteiger partial charge in [0.1, 0.15) is 6.29 Å². The Labute approximate surface area is 60.8 Å². The van der Waals surface area contributed by atoms with Crippen molar-refractivity contribution in [2.45, 2.75) is 20.3 Å². The molecule has 0 saturated heterocycles. The Morgan fingerprint density at radius 2 is 2.20 bits per heavy atom. The summed E-state index contributed by atoms with van der Waals surface area (Å²) in [6, 6.07) is 0. The van der Waals surface area contributed by atoms with E-state index in [1.54, 1.807) is 0 Å². The molecule has 10 heavy (non-hydrogen) atoms. The van der Waals surface area contributed by atoms with Crippen LogP contribution in [0.25, 0.3) is 0 Å². The predicted octanol–water partition coefficient (Wildman–Crippen LogP) is 0.348. The maximum Gasteiger partial charge on any atom is 0.227 e. The molecular formula is C7H13NO2. The largest absolute Gasteiger partial charge is 0.355 e. The molecule has 0 aliphatic heterocycles. The van der Waals surface area contributed by atoms with E-state index in [9.17, 15) is 9.59 Å². The molecule has 0 aromatic rings. The molecule has 0 aliphatic rings. The first-order valence-electron chi connectivity index (χ1n) is 3.37. The normalized spacial score (nSPS) is 9.50. The van der Waals surface area contributed by atoms with Gasteiger partial charge in [0.15, 0.2) is 0 Å². The van der Waals surface area contributed by atoms with Gasteiger partial charge in [0, 0.05) is 6.54 Å². The lowest BCUT2D eigenvalue weighted by Crippen LogP contribution is -2.27. The number of nitrogens with one attached hydrogen (secondary N) is 1. The van der Waals surface area contributed by atoms with E-state index in [4.69, 9.17) is 0 Å². The van der Waals surface area contributed by atoms with Gasteiger partial charge in [0.25, 0.3) is 0 Å². The third-order valence-corrected chi connectivity index (χ3v) is 0.976. The zero-order chi connectivity index (χ0) is 7.98. The molecule has 0 aromatic heterocycles. The Bertz CT molecular complexity index is 121. The average Bonchev–Trinajstić information content (AvgIpc) is 1.85. The molecular weight excluding hydrogens is 130 g/mol. The van der Waals surface area contributed by atoms with Gasteiger partial charge in [-0.05, 0) is 5.92 Å². The maximum atomic E-state index is 10.6. The van der Waals surface area contributed by atoms with Crippen LogP contribution in [-0.2, 0) is 9.59 Å². The molecule has 0 atom stereocenters. The zero-order valence-corrected chi connectivity index (χ0v) is 6.39. The van der Waals surface area contributed by atoms with Crippen molar-refractivity contribution >= 4 is 12.2 Å². The first kappa shape index (κ1) is 9.14. The summed E-state index contributed by atoms with van der Waals surface area (Å²) in [5.74, 6) is 0.249. The molecule has 0 rings (SSSR count). The quantitative estimate of drug-likeness (QED) is 0.456. The minimum absolute atomic E-state index is 0.0211. The summed E-state index contributed by atoms with van der Waals surface area (Å²) in [6.45, 7) is 4.65. The van der Waals surface area contributed by atoms with Crippen LogP contribution in [0, 0.1) is 5.92 Å². The van der Waals surface area contributed by atoms with Crippen molar-refractivity contribution in [2.75, 3.05) is 6.54 Å². The molecule has 3 heteroatoms. The molecule has 1 N–H and O–H groups in total. The Morgan fingerprint density at radius 3 is 2.60 bits per heavy atom. The van der Waals surface area contributed by atoms with Crippen molar-refractivity contribution in [1.29, 1.82) is 0 Å². The number of carbonyl (C=O) groups is 2. The van der Waals surface area contributed by atoms with E-state index in [1.807, 2.05) is 13.8 Å². The first-order chi connectivity index (χ1) is 4.66. The lowest BCUT2D eigenvalue weighted by Gasteiger charge is -2.04. The molecule has 0 aliphatic carbocycles. The molecule has 0 radical (unpaired) electrons. The number of hydrogen-bond acceptors (Lipinski definition) is 2. The van der Waals surface area contributed by atoms with Gasteiger partial charge in [0.05, 0.1) is 6.42 Å². The summed E-state index contributed by atoms with van der Waals surface area (Å²) in [7, 11) is 0. The SMILES string of the molecule is CC(C)CNC(=O)CC=O. The van der Waals surface area contributed by atoms with Gasteiger partial charge in [-0.3, -0.25) is 4.79 Å². The first-order valence-corrected chi connectivity index (χ1v) is 3.37. The van der Waals surface area contributed by atoms with Crippen LogP contribution in [0.3, 0.4) is 0 Å². The van der Waals surface area contributed by atoms with E-state index >= 15 is 0 Å². The van der Waals surface area contributed by atoms with Crippen LogP contribution in [0.2, 0.25) is 0 Å². The van der Waals surface area contributed by atoms with Crippen LogP contribution in [-0.4, -0.2) is 18.7 Å². The van der Waals surface area contributed by atoms with E-state index < -0.39 is 0 Å². The van der Waals surface area contributed by atoms with Gasteiger partial charge in [-0.1, -0.05) is 13.8 Å². The van der Waals surface area contributed by atoms with Crippen LogP contribution >= 0.6 is 0 Å². The van der Waals surface area contributed by atoms with Gasteiger partial charge in [-0.25, -0.2) is 0 Å². The fourth-order valence-electron chi connectivity index (χ4n) is 0.466. The number of aldehydes is 1. The van der Waals surface area contributed by atoms with Crippen molar-refractivity contribution in [3.8, 4) is 0 Å². The molecule has 1 amide bonds. The van der Waals surface area contributed by atoms with Gasteiger partial charge in [-0.15, -0.1) is 0 Å². The number of hydrogen-bond donors (Lipinski definition) is 1. The van der Waals surface area contributed by atoms with Crippen molar-refractivity contribution in [3.63, 3.8) is 0 Å². The smallest absolute Gasteiger partial charge is 0.227 e. The Morgan fingerprint density at radius 1 is 1.60 bits per heavy atom. The lowest BCUT2D eigenvalue weighted by atomic mass is 10.2. The number of rotatable bonds is 4. The van der Waals surface area contributed by atoms with Crippen molar-refractivity contribution in [1.82, 2.24) is 5.32 Å². The summed E-state index contributed by atoms with van der Waals surface area (Å²) >= 11 is 0. The van der Waals surface area contributed by atoms with E-state index in [1.165, 1.54) is 0 Å². The number of carbonyl (C=O) groups excluding carboxylic acids is 2. The molecule has 3 nitrogen and oxygen atoms in total. The van der Waals surface area contributed by atoms with Crippen molar-refractivity contribution in [2.24, 2.45) is 5.92 Å². The molecule has 0 aromatic carbocycles. The highest BCUT2D eigenvalue weighted by Crippen LogP contribution is 1.86. The average molecular weight is 143 g/mol. The fraction of sp³-hybridized carbons (Fsp3) is 0.714. The lowest BCUT2D eigenvalue weighted by molar-refractivity contribution is -0.124. The standard InChI is InChI=1S/C7H13NO2/c1-6(2)5-8-7(10)3-4-9/h4,6H,3,5H2,1-2H3,(H,8,10). The second kappa shape index (κ2) is 4.97. The molecule has 0 unspecified atom stereocenters. The van der Waals surface area contributed by atoms with Crippen molar-refractivity contribution < 1.29 is 9.59 Å². The summed E-state index contributed by atoms with van der Waals surface area (Å²) < 4.78 is 0. The van der Waals surface area contributed by atoms with Crippen LogP contribution in [0.5, 0.6) is 0 Å². The van der Waals surface area contributed by atoms with Gasteiger partial charge in [-0.2, -0.15) is 0 Å². The zero-order valence-electron chi connectivity index (χ0n) is 6.39. The Hall–Kier alpha value is -0.860. The minimum Gasteiger partial charge on any atom is -0.355 e. The minimum atomic E-state index is -0.191. The summed E-state index contributed by atoms with van der Waals surface area (Å²) in [4.78, 5) is 20.4.